The first kappa shape index (κ1) is 86.4. The lowest BCUT2D eigenvalue weighted by atomic mass is 9.67. The van der Waals surface area contributed by atoms with Crippen LogP contribution < -0.4 is 19.6 Å². The van der Waals surface area contributed by atoms with E-state index < -0.39 is 33.7 Å². The summed E-state index contributed by atoms with van der Waals surface area (Å²) >= 11 is 0. The van der Waals surface area contributed by atoms with Crippen LogP contribution in [0.4, 0.5) is 99.0 Å². The Bertz CT molecular complexity index is 7730. The second-order valence-corrected chi connectivity index (χ2v) is 35.7. The number of nitrogens with zero attached hydrogens (tertiary/aromatic N) is 4. The van der Waals surface area contributed by atoms with Crippen LogP contribution in [0.25, 0.3) is 73.9 Å². The first-order valence-corrected chi connectivity index (χ1v) is 46.5. The summed E-state index contributed by atoms with van der Waals surface area (Å²) < 4.78 is 107. The van der Waals surface area contributed by atoms with Crippen LogP contribution in [-0.4, -0.2) is 0 Å². The van der Waals surface area contributed by atoms with E-state index in [1.165, 1.54) is 84.9 Å². The van der Waals surface area contributed by atoms with Crippen LogP contribution in [0.3, 0.4) is 0 Å². The Morgan fingerprint density at radius 1 is 0.157 bits per heavy atom. The van der Waals surface area contributed by atoms with Crippen LogP contribution in [0.15, 0.2) is 481 Å². The molecule has 3 aliphatic carbocycles. The van der Waals surface area contributed by atoms with E-state index in [0.29, 0.717) is 11.4 Å². The van der Waals surface area contributed by atoms with Gasteiger partial charge >= 0.3 is 0 Å². The highest BCUT2D eigenvalue weighted by molar-refractivity contribution is 5.96. The fraction of sp³-hybridized carbons (Fsp3) is 0.0233. The third-order valence-electron chi connectivity index (χ3n) is 28.3. The number of benzene rings is 20. The van der Waals surface area contributed by atoms with Gasteiger partial charge in [-0.05, 0) is 370 Å². The maximum atomic E-state index is 15.9. The number of halogens is 7. The lowest BCUT2D eigenvalue weighted by molar-refractivity contribution is 0.624. The molecule has 0 heterocycles. The van der Waals surface area contributed by atoms with Gasteiger partial charge in [0.25, 0.3) is 0 Å². The van der Waals surface area contributed by atoms with Crippen LogP contribution in [0, 0.1) is 40.7 Å². The van der Waals surface area contributed by atoms with Gasteiger partial charge in [0, 0.05) is 68.2 Å². The smallest absolute Gasteiger partial charge is 0.123 e. The first-order valence-electron chi connectivity index (χ1n) is 46.5. The van der Waals surface area contributed by atoms with Crippen molar-refractivity contribution >= 4 is 86.5 Å². The minimum Gasteiger partial charge on any atom is -0.310 e. The zero-order valence-corrected chi connectivity index (χ0v) is 75.7. The molecule has 0 bridgehead atoms. The summed E-state index contributed by atoms with van der Waals surface area (Å²) in [7, 11) is 0. The Kier molecular flexibility index (Phi) is 21.7. The van der Waals surface area contributed by atoms with Crippen LogP contribution in [0.2, 0.25) is 0 Å². The van der Waals surface area contributed by atoms with Crippen molar-refractivity contribution in [1.82, 2.24) is 0 Å². The van der Waals surface area contributed by atoms with Gasteiger partial charge < -0.3 is 19.6 Å². The molecule has 140 heavy (non-hydrogen) atoms. The van der Waals surface area contributed by atoms with E-state index in [9.17, 15) is 0 Å². The largest absolute Gasteiger partial charge is 0.310 e. The van der Waals surface area contributed by atoms with Gasteiger partial charge in [0.1, 0.15) is 40.7 Å². The van der Waals surface area contributed by atoms with Gasteiger partial charge in [0.15, 0.2) is 0 Å². The van der Waals surface area contributed by atoms with Crippen molar-refractivity contribution in [2.75, 3.05) is 19.6 Å². The summed E-state index contributed by atoms with van der Waals surface area (Å²) in [5.74, 6) is -2.62. The van der Waals surface area contributed by atoms with Crippen molar-refractivity contribution in [2.24, 2.45) is 0 Å². The maximum Gasteiger partial charge on any atom is 0.123 e. The molecule has 0 aromatic heterocycles. The monoisotopic (exact) mass is 1820 g/mol. The Labute approximate surface area is 808 Å². The third-order valence-corrected chi connectivity index (χ3v) is 28.3. The normalized spacial score (nSPS) is 15.0. The number of anilines is 12. The summed E-state index contributed by atoms with van der Waals surface area (Å²) in [5.41, 5.74) is 30.2. The fourth-order valence-electron chi connectivity index (χ4n) is 21.8. The van der Waals surface area contributed by atoms with Crippen LogP contribution in [0.1, 0.15) is 83.5 Å². The van der Waals surface area contributed by atoms with Gasteiger partial charge in [0.05, 0.1) is 16.2 Å². The molecular weight excluding hydrogens is 1740 g/mol. The van der Waals surface area contributed by atoms with Gasteiger partial charge in [-0.3, -0.25) is 0 Å². The predicted octanol–water partition coefficient (Wildman–Crippen LogP) is 34.9. The molecule has 0 N–H and O–H groups in total. The van der Waals surface area contributed by atoms with E-state index >= 15 is 30.7 Å². The molecule has 2 atom stereocenters. The summed E-state index contributed by atoms with van der Waals surface area (Å²) in [4.78, 5) is 8.49. The summed E-state index contributed by atoms with van der Waals surface area (Å²) in [6.07, 6.45) is 5.45. The molecule has 23 rings (SSSR count). The summed E-state index contributed by atoms with van der Waals surface area (Å²) in [6, 6.07) is 147. The topological polar surface area (TPSA) is 13.0 Å². The van der Waals surface area contributed by atoms with Crippen molar-refractivity contribution < 1.29 is 30.7 Å². The Balaban J connectivity index is 0.597. The van der Waals surface area contributed by atoms with Crippen molar-refractivity contribution in [2.45, 2.75) is 16.2 Å². The Morgan fingerprint density at radius 3 is 0.514 bits per heavy atom. The van der Waals surface area contributed by atoms with E-state index in [2.05, 4.69) is 306 Å². The van der Waals surface area contributed by atoms with E-state index in [0.717, 1.165) is 196 Å². The van der Waals surface area contributed by atoms with Crippen LogP contribution in [-0.2, 0) is 16.2 Å². The third kappa shape index (κ3) is 14.6. The highest BCUT2D eigenvalue weighted by Crippen LogP contribution is 2.63. The van der Waals surface area contributed by atoms with Gasteiger partial charge in [-0.15, -0.1) is 0 Å². The fourth-order valence-corrected chi connectivity index (χ4v) is 21.8. The van der Waals surface area contributed by atoms with Crippen molar-refractivity contribution in [1.29, 1.82) is 0 Å². The van der Waals surface area contributed by atoms with Gasteiger partial charge in [-0.2, -0.15) is 0 Å². The lowest BCUT2D eigenvalue weighted by Crippen LogP contribution is -2.29. The minimum absolute atomic E-state index is 0.337. The lowest BCUT2D eigenvalue weighted by Gasteiger charge is -2.36. The molecule has 11 heteroatoms. The molecule has 20 aromatic rings. The van der Waals surface area contributed by atoms with Gasteiger partial charge in [-0.1, -0.05) is 268 Å². The molecule has 0 saturated carbocycles. The van der Waals surface area contributed by atoms with Gasteiger partial charge in [0.2, 0.25) is 0 Å². The predicted molar refractivity (Wildman–Crippen MR) is 558 cm³/mol. The molecule has 0 fully saturated rings. The number of fused-ring (bicyclic) bond motifs is 9. The van der Waals surface area contributed by atoms with E-state index in [1.54, 1.807) is 48.5 Å². The van der Waals surface area contributed by atoms with Crippen LogP contribution in [0.5, 0.6) is 0 Å². The van der Waals surface area contributed by atoms with E-state index in [4.69, 9.17) is 0 Å². The second-order valence-electron chi connectivity index (χ2n) is 35.7. The minimum atomic E-state index is -1.16. The quantitative estimate of drug-likeness (QED) is 0.0592. The molecule has 3 aliphatic rings. The molecule has 2 unspecified atom stereocenters. The highest BCUT2D eigenvalue weighted by atomic mass is 19.2. The molecule has 0 saturated heterocycles. The molecule has 4 nitrogen and oxygen atoms in total. The zero-order chi connectivity index (χ0) is 95.1. The Morgan fingerprint density at radius 2 is 0.314 bits per heavy atom. The molecule has 0 amide bonds. The molecule has 0 spiro atoms. The second kappa shape index (κ2) is 35.2. The maximum absolute atomic E-state index is 15.9. The highest BCUT2D eigenvalue weighted by Gasteiger charge is 2.51. The summed E-state index contributed by atoms with van der Waals surface area (Å²) in [5, 5.41) is 0. The van der Waals surface area contributed by atoms with E-state index in [1.807, 2.05) is 78.9 Å². The van der Waals surface area contributed by atoms with Crippen molar-refractivity contribution in [3.63, 3.8) is 0 Å². The SMILES string of the molecule is C=Cc1ccc(C2(c3ccc(F)cc3)c3ccccc3-c3ccc(N(c4ccc(F)cc4)c4ccc(-c5ccc(N(c6ccc(F)cc6)c6ccc7c(c6)C(c6ccc(F)cc6)(c6ccc(C=C)cc6)c6cc(N(c8ccc(F)cc8)c8ccc(-c9ccc(N(c%10ccc(F)cc%10)c%10ccc%11c(c%10)C(c%10ccc(F)cc%10)(c%10ccc(C=C)cc%10)c%10ccccc%10-%11)cc9)cc8)ccc6-7)cc5)cc4)cc32)cc1. The molecular formula is C129H85F7N4. The van der Waals surface area contributed by atoms with Crippen LogP contribution >= 0.6 is 0 Å². The average molecular weight is 1820 g/mol. The number of hydrogen-bond acceptors (Lipinski definition) is 4. The van der Waals surface area contributed by atoms with Gasteiger partial charge in [-0.25, -0.2) is 30.7 Å². The molecule has 670 valence electrons. The van der Waals surface area contributed by atoms with Crippen molar-refractivity contribution in [3.8, 4) is 55.6 Å². The van der Waals surface area contributed by atoms with E-state index in [-0.39, 0.29) is 23.3 Å². The molecule has 20 aromatic carbocycles. The van der Waals surface area contributed by atoms with Crippen molar-refractivity contribution in [3.05, 3.63) is 605 Å². The number of hydrogen-bond donors (Lipinski definition) is 0. The Hall–Kier alpha value is -17.7. The average Bonchev–Trinajstić information content (AvgIpc) is 1.52. The standard InChI is InChI=1S/C129H85F7N4/c1-4-83-15-29-90(30-16-83)127(93-35-41-96(130)42-36-93)121-13-9-7-11-115(121)117-75-71-111(79-123(117)127)137(107-63-47-99(133)48-64-107)103-55-21-86(22-56-103)88-25-59-105(60-26-88)139(109-67-51-101(135)52-68-109)113-73-77-119-120-78-74-114(82-126(120)129(125(119)81-113,95-39-45-98(132)46-40-95)92-33-19-85(6-3)20-34-92)140(110-69-53-102(136)54-70-110)106-61-27-89(28-62-106)87-23-57-104(58-24-87)138(108-65-49-100(134)50-66-108)112-72-76-118-116-12-8-10-14-122(116)128(124(118)80-112,94-37-43-97(131)44-38-94)91-31-17-84(5-2)18-32-91/h4-82H,1-3H2. The summed E-state index contributed by atoms with van der Waals surface area (Å²) in [6.45, 7) is 12.2. The zero-order valence-electron chi connectivity index (χ0n) is 75.7. The number of rotatable bonds is 23. The molecule has 0 aliphatic heterocycles. The molecule has 0 radical (unpaired) electrons. The first-order chi connectivity index (χ1) is 68.5.